The predicted octanol–water partition coefficient (Wildman–Crippen LogP) is 4.13. The molecule has 0 nitrogen and oxygen atoms in total. The summed E-state index contributed by atoms with van der Waals surface area (Å²) in [6, 6.07) is 15.3. The second-order valence-corrected chi connectivity index (χ2v) is 3.79. The highest BCUT2D eigenvalue weighted by Crippen LogP contribution is 2.25. The molecule has 2 aliphatic rings. The molecule has 14 heavy (non-hydrogen) atoms. The number of fused-ring (bicyclic) bond motifs is 1. The molecule has 0 bridgehead atoms. The SMILES string of the molecule is CCCCc1cc2cccccc-2c1. The second-order valence-electron chi connectivity index (χ2n) is 3.79. The van der Waals surface area contributed by atoms with Crippen molar-refractivity contribution in [1.82, 2.24) is 0 Å². The maximum atomic E-state index is 2.31. The maximum absolute atomic E-state index is 2.31. The highest BCUT2D eigenvalue weighted by Gasteiger charge is 2.03. The molecule has 2 aliphatic carbocycles. The molecule has 0 saturated heterocycles. The van der Waals surface area contributed by atoms with Crippen molar-refractivity contribution in [2.75, 3.05) is 0 Å². The zero-order chi connectivity index (χ0) is 9.80. The lowest BCUT2D eigenvalue weighted by Crippen LogP contribution is -1.78. The Balaban J connectivity index is 2.29. The van der Waals surface area contributed by atoms with Gasteiger partial charge in [0.25, 0.3) is 0 Å². The van der Waals surface area contributed by atoms with E-state index in [1.54, 1.807) is 0 Å². The second kappa shape index (κ2) is 4.28. The third-order valence-corrected chi connectivity index (χ3v) is 2.61. The Morgan fingerprint density at radius 2 is 1.57 bits per heavy atom. The van der Waals surface area contributed by atoms with E-state index in [0.29, 0.717) is 0 Å². The van der Waals surface area contributed by atoms with E-state index < -0.39 is 0 Å². The summed E-state index contributed by atoms with van der Waals surface area (Å²) in [6.07, 6.45) is 3.78. The zero-order valence-corrected chi connectivity index (χ0v) is 8.66. The van der Waals surface area contributed by atoms with Gasteiger partial charge in [-0.1, -0.05) is 55.8 Å². The standard InChI is InChI=1S/C14H16/c1-2-3-7-12-10-13-8-5-4-6-9-14(13)11-12/h4-6,8-11H,2-3,7H2,1H3. The Hall–Kier alpha value is -1.30. The molecule has 0 saturated carbocycles. The molecule has 2 rings (SSSR count). The van der Waals surface area contributed by atoms with Crippen LogP contribution in [0.3, 0.4) is 0 Å². The van der Waals surface area contributed by atoms with Crippen LogP contribution in [0.15, 0.2) is 42.5 Å². The van der Waals surface area contributed by atoms with Gasteiger partial charge >= 0.3 is 0 Å². The molecule has 0 radical (unpaired) electrons. The van der Waals surface area contributed by atoms with Gasteiger partial charge in [0.1, 0.15) is 0 Å². The molecule has 72 valence electrons. The number of hydrogen-bond donors (Lipinski definition) is 0. The number of hydrogen-bond acceptors (Lipinski definition) is 0. The summed E-state index contributed by atoms with van der Waals surface area (Å²) < 4.78 is 0. The van der Waals surface area contributed by atoms with E-state index in [2.05, 4.69) is 49.4 Å². The van der Waals surface area contributed by atoms with Crippen molar-refractivity contribution in [3.63, 3.8) is 0 Å². The van der Waals surface area contributed by atoms with Crippen LogP contribution in [0.4, 0.5) is 0 Å². The van der Waals surface area contributed by atoms with Crippen LogP contribution < -0.4 is 0 Å². The molecule has 0 aromatic rings. The van der Waals surface area contributed by atoms with E-state index in [9.17, 15) is 0 Å². The molecule has 0 N–H and O–H groups in total. The average Bonchev–Trinajstić information content (AvgIpc) is 2.46. The molecule has 0 amide bonds. The molecule has 0 aromatic carbocycles. The third kappa shape index (κ3) is 1.95. The van der Waals surface area contributed by atoms with Gasteiger partial charge in [0.05, 0.1) is 0 Å². The molecule has 0 spiro atoms. The summed E-state index contributed by atoms with van der Waals surface area (Å²) in [6.45, 7) is 2.24. The van der Waals surface area contributed by atoms with Gasteiger partial charge in [0.2, 0.25) is 0 Å². The Kier molecular flexibility index (Phi) is 2.83. The van der Waals surface area contributed by atoms with Crippen LogP contribution in [-0.2, 0) is 6.42 Å². The van der Waals surface area contributed by atoms with Crippen LogP contribution >= 0.6 is 0 Å². The van der Waals surface area contributed by atoms with E-state index in [0.717, 1.165) is 0 Å². The zero-order valence-electron chi connectivity index (χ0n) is 8.66. The largest absolute Gasteiger partial charge is 0.0654 e. The fourth-order valence-corrected chi connectivity index (χ4v) is 1.80. The molecule has 0 unspecified atom stereocenters. The van der Waals surface area contributed by atoms with Crippen molar-refractivity contribution < 1.29 is 0 Å². The molecule has 0 aromatic heterocycles. The normalized spacial score (nSPS) is 10.6. The van der Waals surface area contributed by atoms with Crippen LogP contribution in [0.5, 0.6) is 0 Å². The molecule has 0 fully saturated rings. The van der Waals surface area contributed by atoms with E-state index in [4.69, 9.17) is 0 Å². The quantitative estimate of drug-likeness (QED) is 0.672. The highest BCUT2D eigenvalue weighted by atomic mass is 14.1. The van der Waals surface area contributed by atoms with Crippen LogP contribution in [0.1, 0.15) is 25.3 Å². The first-order chi connectivity index (χ1) is 6.90. The van der Waals surface area contributed by atoms with E-state index >= 15 is 0 Å². The van der Waals surface area contributed by atoms with E-state index in [1.165, 1.54) is 36.0 Å². The van der Waals surface area contributed by atoms with Crippen molar-refractivity contribution in [2.24, 2.45) is 0 Å². The predicted molar refractivity (Wildman–Crippen MR) is 61.7 cm³/mol. The van der Waals surface area contributed by atoms with Gasteiger partial charge in [0.15, 0.2) is 0 Å². The minimum absolute atomic E-state index is 1.22. The van der Waals surface area contributed by atoms with Gasteiger partial charge in [-0.2, -0.15) is 0 Å². The number of rotatable bonds is 3. The van der Waals surface area contributed by atoms with Gasteiger partial charge in [-0.25, -0.2) is 0 Å². The summed E-state index contributed by atoms with van der Waals surface area (Å²) in [5.41, 5.74) is 4.20. The number of unbranched alkanes of at least 4 members (excludes halogenated alkanes) is 1. The van der Waals surface area contributed by atoms with Crippen molar-refractivity contribution in [3.8, 4) is 11.1 Å². The fraction of sp³-hybridized carbons (Fsp3) is 0.286. The summed E-state index contributed by atoms with van der Waals surface area (Å²) in [5.74, 6) is 0. The van der Waals surface area contributed by atoms with Gasteiger partial charge in [-0.05, 0) is 29.5 Å². The topological polar surface area (TPSA) is 0 Å². The summed E-state index contributed by atoms with van der Waals surface area (Å²) in [5, 5.41) is 0. The maximum Gasteiger partial charge on any atom is -0.0181 e. The first-order valence-electron chi connectivity index (χ1n) is 5.38. The van der Waals surface area contributed by atoms with E-state index in [1.807, 2.05) is 0 Å². The van der Waals surface area contributed by atoms with Gasteiger partial charge in [0, 0.05) is 0 Å². The molecule has 0 atom stereocenters. The Bertz CT molecular complexity index is 345. The van der Waals surface area contributed by atoms with Crippen LogP contribution in [-0.4, -0.2) is 0 Å². The lowest BCUT2D eigenvalue weighted by atomic mass is 10.1. The molecule has 0 heteroatoms. The van der Waals surface area contributed by atoms with Gasteiger partial charge in [-0.3, -0.25) is 0 Å². The third-order valence-electron chi connectivity index (χ3n) is 2.61. The van der Waals surface area contributed by atoms with Gasteiger partial charge < -0.3 is 0 Å². The van der Waals surface area contributed by atoms with Crippen molar-refractivity contribution in [1.29, 1.82) is 0 Å². The van der Waals surface area contributed by atoms with Crippen molar-refractivity contribution >= 4 is 0 Å². The molecule has 0 aliphatic heterocycles. The van der Waals surface area contributed by atoms with Crippen LogP contribution in [0.25, 0.3) is 11.1 Å². The summed E-state index contributed by atoms with van der Waals surface area (Å²) in [4.78, 5) is 0. The van der Waals surface area contributed by atoms with Crippen molar-refractivity contribution in [3.05, 3.63) is 48.0 Å². The lowest BCUT2D eigenvalue weighted by molar-refractivity contribution is 0.797. The lowest BCUT2D eigenvalue weighted by Gasteiger charge is -1.91. The minimum Gasteiger partial charge on any atom is -0.0654 e. The summed E-state index contributed by atoms with van der Waals surface area (Å²) in [7, 11) is 0. The monoisotopic (exact) mass is 184 g/mol. The molecular weight excluding hydrogens is 168 g/mol. The van der Waals surface area contributed by atoms with Crippen LogP contribution in [0, 0.1) is 0 Å². The Morgan fingerprint density at radius 3 is 2.14 bits per heavy atom. The first-order valence-corrected chi connectivity index (χ1v) is 5.38. The Labute approximate surface area is 85.9 Å². The van der Waals surface area contributed by atoms with Crippen LogP contribution in [0.2, 0.25) is 0 Å². The number of aryl methyl sites for hydroxylation is 1. The smallest absolute Gasteiger partial charge is 0.0181 e. The van der Waals surface area contributed by atoms with E-state index in [-0.39, 0.29) is 0 Å². The van der Waals surface area contributed by atoms with Crippen molar-refractivity contribution in [2.45, 2.75) is 26.2 Å². The molecule has 0 heterocycles. The minimum atomic E-state index is 1.22. The van der Waals surface area contributed by atoms with Gasteiger partial charge in [-0.15, -0.1) is 0 Å². The first kappa shape index (κ1) is 9.26. The Morgan fingerprint density at radius 1 is 0.929 bits per heavy atom. The molecular formula is C14H16. The fourth-order valence-electron chi connectivity index (χ4n) is 1.80. The average molecular weight is 184 g/mol. The summed E-state index contributed by atoms with van der Waals surface area (Å²) >= 11 is 0. The highest BCUT2D eigenvalue weighted by molar-refractivity contribution is 5.67.